The quantitative estimate of drug-likeness (QED) is 0.382. The summed E-state index contributed by atoms with van der Waals surface area (Å²) in [6.07, 6.45) is 1.12. The lowest BCUT2D eigenvalue weighted by Gasteiger charge is -2.09. The standard InChI is InChI=1S/C20H21N3O7/c1-26-15-7-5-12(9-16(15)27-2)6-8-18-21-22-20(30-18)13-10-14(23(24)25)19(29-4)17(11-13)28-3/h5,7,9-11H,6,8H2,1-4H3. The van der Waals surface area contributed by atoms with Gasteiger partial charge in [0.15, 0.2) is 17.2 Å². The van der Waals surface area contributed by atoms with Crippen molar-refractivity contribution in [3.8, 4) is 34.5 Å². The van der Waals surface area contributed by atoms with Crippen molar-refractivity contribution in [2.45, 2.75) is 12.8 Å². The fraction of sp³-hybridized carbons (Fsp3) is 0.300. The third-order valence-electron chi connectivity index (χ3n) is 4.45. The van der Waals surface area contributed by atoms with Crippen molar-refractivity contribution in [1.29, 1.82) is 0 Å². The molecule has 0 N–H and O–H groups in total. The summed E-state index contributed by atoms with van der Waals surface area (Å²) < 4.78 is 26.5. The smallest absolute Gasteiger partial charge is 0.315 e. The Bertz CT molecular complexity index is 1050. The van der Waals surface area contributed by atoms with Crippen molar-refractivity contribution >= 4 is 5.69 Å². The molecule has 10 nitrogen and oxygen atoms in total. The summed E-state index contributed by atoms with van der Waals surface area (Å²) >= 11 is 0. The predicted molar refractivity (Wildman–Crippen MR) is 106 cm³/mol. The zero-order valence-electron chi connectivity index (χ0n) is 17.0. The molecule has 1 aromatic heterocycles. The maximum absolute atomic E-state index is 11.4. The van der Waals surface area contributed by atoms with Gasteiger partial charge in [0, 0.05) is 18.1 Å². The zero-order chi connectivity index (χ0) is 21.7. The molecule has 158 valence electrons. The highest BCUT2D eigenvalue weighted by Crippen LogP contribution is 2.40. The molecule has 0 aliphatic heterocycles. The largest absolute Gasteiger partial charge is 0.493 e. The molecule has 0 saturated heterocycles. The number of hydrogen-bond donors (Lipinski definition) is 0. The Morgan fingerprint density at radius 1 is 0.900 bits per heavy atom. The Labute approximate surface area is 172 Å². The minimum Gasteiger partial charge on any atom is -0.493 e. The number of methoxy groups -OCH3 is 4. The van der Waals surface area contributed by atoms with Gasteiger partial charge >= 0.3 is 5.69 Å². The zero-order valence-corrected chi connectivity index (χ0v) is 17.0. The number of hydrogen-bond acceptors (Lipinski definition) is 9. The van der Waals surface area contributed by atoms with Gasteiger partial charge in [-0.25, -0.2) is 0 Å². The number of nitrogens with zero attached hydrogens (tertiary/aromatic N) is 3. The van der Waals surface area contributed by atoms with E-state index in [9.17, 15) is 10.1 Å². The molecule has 0 unspecified atom stereocenters. The monoisotopic (exact) mass is 415 g/mol. The predicted octanol–water partition coefficient (Wildman–Crippen LogP) is 3.46. The lowest BCUT2D eigenvalue weighted by Crippen LogP contribution is -1.98. The second-order valence-corrected chi connectivity index (χ2v) is 6.18. The molecule has 0 radical (unpaired) electrons. The van der Waals surface area contributed by atoms with Gasteiger partial charge in [0.2, 0.25) is 17.5 Å². The average molecular weight is 415 g/mol. The summed E-state index contributed by atoms with van der Waals surface area (Å²) in [4.78, 5) is 10.8. The molecule has 0 saturated carbocycles. The summed E-state index contributed by atoms with van der Waals surface area (Å²) in [6.45, 7) is 0. The summed E-state index contributed by atoms with van der Waals surface area (Å²) in [5.41, 5.74) is 1.12. The van der Waals surface area contributed by atoms with Crippen molar-refractivity contribution in [1.82, 2.24) is 10.2 Å². The van der Waals surface area contributed by atoms with Crippen LogP contribution in [0.3, 0.4) is 0 Å². The number of nitro benzene ring substituents is 1. The molecule has 0 amide bonds. The van der Waals surface area contributed by atoms with Gasteiger partial charge in [0.1, 0.15) is 0 Å². The molecule has 1 heterocycles. The SMILES string of the molecule is COc1ccc(CCc2nnc(-c3cc(OC)c(OC)c([N+](=O)[O-])c3)o2)cc1OC. The number of aromatic nitrogens is 2. The molecule has 30 heavy (non-hydrogen) atoms. The van der Waals surface area contributed by atoms with Crippen LogP contribution in [-0.2, 0) is 12.8 Å². The normalized spacial score (nSPS) is 10.5. The van der Waals surface area contributed by atoms with E-state index in [1.807, 2.05) is 18.2 Å². The number of rotatable bonds is 9. The third-order valence-corrected chi connectivity index (χ3v) is 4.45. The van der Waals surface area contributed by atoms with Crippen molar-refractivity contribution in [2.75, 3.05) is 28.4 Å². The molecule has 0 aliphatic carbocycles. The first-order valence-corrected chi connectivity index (χ1v) is 8.94. The van der Waals surface area contributed by atoms with Crippen molar-refractivity contribution in [2.24, 2.45) is 0 Å². The second-order valence-electron chi connectivity index (χ2n) is 6.18. The minimum atomic E-state index is -0.556. The first-order chi connectivity index (χ1) is 14.5. The molecular weight excluding hydrogens is 394 g/mol. The molecule has 0 spiro atoms. The molecule has 0 aliphatic rings. The first-order valence-electron chi connectivity index (χ1n) is 8.94. The van der Waals surface area contributed by atoms with Gasteiger partial charge < -0.3 is 23.4 Å². The first kappa shape index (κ1) is 20.9. The van der Waals surface area contributed by atoms with Crippen molar-refractivity contribution < 1.29 is 28.3 Å². The van der Waals surface area contributed by atoms with Crippen LogP contribution < -0.4 is 18.9 Å². The van der Waals surface area contributed by atoms with E-state index >= 15 is 0 Å². The second kappa shape index (κ2) is 9.12. The van der Waals surface area contributed by atoms with E-state index in [4.69, 9.17) is 23.4 Å². The van der Waals surface area contributed by atoms with E-state index in [0.29, 0.717) is 35.8 Å². The van der Waals surface area contributed by atoms with E-state index < -0.39 is 4.92 Å². The Morgan fingerprint density at radius 2 is 1.63 bits per heavy atom. The molecule has 0 bridgehead atoms. The Morgan fingerprint density at radius 3 is 2.27 bits per heavy atom. The van der Waals surface area contributed by atoms with Gasteiger partial charge in [0.25, 0.3) is 0 Å². The van der Waals surface area contributed by atoms with Gasteiger partial charge in [-0.15, -0.1) is 10.2 Å². The van der Waals surface area contributed by atoms with E-state index in [-0.39, 0.29) is 23.1 Å². The van der Waals surface area contributed by atoms with Gasteiger partial charge in [-0.05, 0) is 30.2 Å². The van der Waals surface area contributed by atoms with Gasteiger partial charge in [-0.3, -0.25) is 10.1 Å². The molecule has 10 heteroatoms. The number of benzene rings is 2. The topological polar surface area (TPSA) is 119 Å². The summed E-state index contributed by atoms with van der Waals surface area (Å²) in [5, 5.41) is 19.4. The van der Waals surface area contributed by atoms with Crippen LogP contribution in [0.1, 0.15) is 11.5 Å². The van der Waals surface area contributed by atoms with Crippen LogP contribution in [0.5, 0.6) is 23.0 Å². The number of aryl methyl sites for hydroxylation is 2. The van der Waals surface area contributed by atoms with Crippen LogP contribution in [-0.4, -0.2) is 43.6 Å². The lowest BCUT2D eigenvalue weighted by atomic mass is 10.1. The van der Waals surface area contributed by atoms with Gasteiger partial charge in [-0.1, -0.05) is 6.07 Å². The highest BCUT2D eigenvalue weighted by Gasteiger charge is 2.24. The molecular formula is C20H21N3O7. The van der Waals surface area contributed by atoms with E-state index in [2.05, 4.69) is 10.2 Å². The van der Waals surface area contributed by atoms with Crippen LogP contribution in [0.2, 0.25) is 0 Å². The van der Waals surface area contributed by atoms with Crippen LogP contribution in [0.4, 0.5) is 5.69 Å². The Kier molecular flexibility index (Phi) is 6.35. The summed E-state index contributed by atoms with van der Waals surface area (Å²) in [6, 6.07) is 8.50. The number of ether oxygens (including phenoxy) is 4. The maximum Gasteiger partial charge on any atom is 0.315 e. The van der Waals surface area contributed by atoms with E-state index in [1.165, 1.54) is 20.3 Å². The fourth-order valence-electron chi connectivity index (χ4n) is 2.96. The van der Waals surface area contributed by atoms with Crippen LogP contribution >= 0.6 is 0 Å². The third kappa shape index (κ3) is 4.27. The molecule has 0 fully saturated rings. The minimum absolute atomic E-state index is 0.0273. The highest BCUT2D eigenvalue weighted by atomic mass is 16.6. The average Bonchev–Trinajstić information content (AvgIpc) is 3.25. The maximum atomic E-state index is 11.4. The number of nitro groups is 1. The lowest BCUT2D eigenvalue weighted by molar-refractivity contribution is -0.385. The van der Waals surface area contributed by atoms with Gasteiger partial charge in [-0.2, -0.15) is 0 Å². The fourth-order valence-corrected chi connectivity index (χ4v) is 2.96. The highest BCUT2D eigenvalue weighted by molar-refractivity contribution is 5.68. The van der Waals surface area contributed by atoms with Crippen molar-refractivity contribution in [3.05, 3.63) is 51.9 Å². The molecule has 3 aromatic rings. The van der Waals surface area contributed by atoms with Crippen LogP contribution in [0.15, 0.2) is 34.7 Å². The molecule has 3 rings (SSSR count). The summed E-state index contributed by atoms with van der Waals surface area (Å²) in [5.74, 6) is 2.07. The Balaban J connectivity index is 1.81. The van der Waals surface area contributed by atoms with Crippen LogP contribution in [0.25, 0.3) is 11.5 Å². The van der Waals surface area contributed by atoms with E-state index in [1.54, 1.807) is 20.3 Å². The van der Waals surface area contributed by atoms with Crippen LogP contribution in [0, 0.1) is 10.1 Å². The van der Waals surface area contributed by atoms with Crippen molar-refractivity contribution in [3.63, 3.8) is 0 Å². The van der Waals surface area contributed by atoms with Gasteiger partial charge in [0.05, 0.1) is 33.4 Å². The molecule has 0 atom stereocenters. The van der Waals surface area contributed by atoms with E-state index in [0.717, 1.165) is 5.56 Å². The molecule has 2 aromatic carbocycles. The summed E-state index contributed by atoms with van der Waals surface area (Å²) in [7, 11) is 5.89. The Hall–Kier alpha value is -3.82.